The lowest BCUT2D eigenvalue weighted by molar-refractivity contribution is -0.118. The van der Waals surface area contributed by atoms with Crippen molar-refractivity contribution in [3.8, 4) is 0 Å². The van der Waals surface area contributed by atoms with E-state index in [1.54, 1.807) is 12.1 Å². The predicted octanol–water partition coefficient (Wildman–Crippen LogP) is 3.68. The molecule has 2 atom stereocenters. The van der Waals surface area contributed by atoms with Crippen molar-refractivity contribution in [1.29, 1.82) is 0 Å². The molecule has 1 amide bonds. The molecule has 1 saturated heterocycles. The summed E-state index contributed by atoms with van der Waals surface area (Å²) in [6.45, 7) is 9.03. The number of carbonyl (C=O) groups excluding carboxylic acids is 1. The molecule has 1 saturated carbocycles. The van der Waals surface area contributed by atoms with Gasteiger partial charge in [-0.3, -0.25) is 4.79 Å². The van der Waals surface area contributed by atoms with Gasteiger partial charge in [0.1, 0.15) is 5.84 Å². The molecule has 3 rings (SSSR count). The third kappa shape index (κ3) is 4.14. The van der Waals surface area contributed by atoms with Gasteiger partial charge in [0, 0.05) is 25.7 Å². The first-order valence-electron chi connectivity index (χ1n) is 9.63. The molecule has 1 heterocycles. The minimum Gasteiger partial charge on any atom is -0.362 e. The van der Waals surface area contributed by atoms with Gasteiger partial charge in [-0.15, -0.1) is 4.40 Å². The maximum absolute atomic E-state index is 12.7. The monoisotopic (exact) mass is 403 g/mol. The number of sulfonamides is 1. The molecule has 7 heteroatoms. The van der Waals surface area contributed by atoms with E-state index in [-0.39, 0.29) is 28.1 Å². The molecule has 1 aromatic rings. The molecule has 1 N–H and O–H groups in total. The second kappa shape index (κ2) is 7.35. The van der Waals surface area contributed by atoms with Crippen molar-refractivity contribution in [2.45, 2.75) is 45.4 Å². The fraction of sp³-hybridized carbons (Fsp3) is 0.524. The van der Waals surface area contributed by atoms with Gasteiger partial charge in [0.2, 0.25) is 5.91 Å². The lowest BCUT2D eigenvalue weighted by Gasteiger charge is -2.11. The van der Waals surface area contributed by atoms with Crippen LogP contribution in [0.2, 0.25) is 0 Å². The van der Waals surface area contributed by atoms with Gasteiger partial charge in [-0.2, -0.15) is 8.42 Å². The zero-order chi connectivity index (χ0) is 20.7. The molecular weight excluding hydrogens is 374 g/mol. The van der Waals surface area contributed by atoms with Crippen molar-refractivity contribution in [3.63, 3.8) is 0 Å². The zero-order valence-electron chi connectivity index (χ0n) is 17.2. The van der Waals surface area contributed by atoms with Crippen molar-refractivity contribution < 1.29 is 13.2 Å². The first-order chi connectivity index (χ1) is 13.0. The smallest absolute Gasteiger partial charge is 0.284 e. The van der Waals surface area contributed by atoms with Crippen molar-refractivity contribution in [1.82, 2.24) is 4.90 Å². The third-order valence-corrected chi connectivity index (χ3v) is 6.97. The van der Waals surface area contributed by atoms with Crippen LogP contribution in [-0.4, -0.2) is 38.7 Å². The zero-order valence-corrected chi connectivity index (χ0v) is 18.0. The summed E-state index contributed by atoms with van der Waals surface area (Å²) in [7, 11) is -1.96. The number of amidine groups is 1. The van der Waals surface area contributed by atoms with Crippen LogP contribution in [0.4, 0.5) is 5.69 Å². The van der Waals surface area contributed by atoms with Crippen LogP contribution in [0, 0.1) is 17.3 Å². The summed E-state index contributed by atoms with van der Waals surface area (Å²) in [6.07, 6.45) is 3.71. The van der Waals surface area contributed by atoms with E-state index in [1.165, 1.54) is 17.7 Å². The summed E-state index contributed by atoms with van der Waals surface area (Å²) in [5, 5.41) is 2.89. The molecule has 152 valence electrons. The van der Waals surface area contributed by atoms with Gasteiger partial charge >= 0.3 is 0 Å². The van der Waals surface area contributed by atoms with Crippen LogP contribution in [-0.2, 0) is 14.8 Å². The average molecular weight is 404 g/mol. The molecule has 1 aliphatic heterocycles. The Bertz CT molecular complexity index is 943. The van der Waals surface area contributed by atoms with Gasteiger partial charge in [0.25, 0.3) is 10.0 Å². The van der Waals surface area contributed by atoms with E-state index < -0.39 is 10.0 Å². The van der Waals surface area contributed by atoms with Crippen molar-refractivity contribution in [2.24, 2.45) is 21.6 Å². The molecule has 28 heavy (non-hydrogen) atoms. The van der Waals surface area contributed by atoms with Crippen LogP contribution in [0.1, 0.15) is 40.5 Å². The van der Waals surface area contributed by atoms with E-state index in [2.05, 4.69) is 29.6 Å². The third-order valence-electron chi connectivity index (χ3n) is 5.67. The molecule has 2 unspecified atom stereocenters. The van der Waals surface area contributed by atoms with Crippen LogP contribution in [0.3, 0.4) is 0 Å². The molecule has 2 aliphatic rings. The number of benzene rings is 1. The second-order valence-corrected chi connectivity index (χ2v) is 10.2. The number of likely N-dealkylation sites (tertiary alicyclic amines) is 1. The molecule has 1 aliphatic carbocycles. The SMILES string of the molecule is CC(C)=CC1C(C(=O)Nc2cccc(S(=O)(=O)/N=C3\CCCN3C)c2)C1(C)C. The van der Waals surface area contributed by atoms with Gasteiger partial charge in [0.15, 0.2) is 0 Å². The molecule has 0 aromatic heterocycles. The molecule has 2 fully saturated rings. The van der Waals surface area contributed by atoms with E-state index in [4.69, 9.17) is 0 Å². The fourth-order valence-corrected chi connectivity index (χ4v) is 5.04. The average Bonchev–Trinajstić information content (AvgIpc) is 2.90. The Hall–Kier alpha value is -2.15. The van der Waals surface area contributed by atoms with Gasteiger partial charge in [-0.05, 0) is 49.8 Å². The van der Waals surface area contributed by atoms with Crippen LogP contribution in [0.5, 0.6) is 0 Å². The number of nitrogens with zero attached hydrogens (tertiary/aromatic N) is 2. The Labute approximate surface area is 167 Å². The van der Waals surface area contributed by atoms with Gasteiger partial charge in [-0.1, -0.05) is 31.6 Å². The highest BCUT2D eigenvalue weighted by molar-refractivity contribution is 7.90. The lowest BCUT2D eigenvalue weighted by Crippen LogP contribution is -2.20. The number of nitrogens with one attached hydrogen (secondary N) is 1. The first-order valence-corrected chi connectivity index (χ1v) is 11.1. The van der Waals surface area contributed by atoms with Crippen LogP contribution in [0.15, 0.2) is 45.2 Å². The summed E-state index contributed by atoms with van der Waals surface area (Å²) in [5.74, 6) is 0.589. The highest BCUT2D eigenvalue weighted by Crippen LogP contribution is 2.59. The molecule has 1 aromatic carbocycles. The number of anilines is 1. The highest BCUT2D eigenvalue weighted by atomic mass is 32.2. The highest BCUT2D eigenvalue weighted by Gasteiger charge is 2.60. The summed E-state index contributed by atoms with van der Waals surface area (Å²) in [6, 6.07) is 6.33. The Morgan fingerprint density at radius 1 is 1.32 bits per heavy atom. The molecule has 0 spiro atoms. The second-order valence-electron chi connectivity index (χ2n) is 8.59. The fourth-order valence-electron chi connectivity index (χ4n) is 3.90. The lowest BCUT2D eigenvalue weighted by atomic mass is 10.1. The number of rotatable bonds is 5. The standard InChI is InChI=1S/C21H29N3O3S/c1-14(2)12-17-19(21(17,3)4)20(25)22-15-8-6-9-16(13-15)28(26,27)23-18-10-7-11-24(18)5/h6,8-9,12-13,17,19H,7,10-11H2,1-5H3,(H,22,25)/b23-18+. The first kappa shape index (κ1) is 20.6. The maximum atomic E-state index is 12.7. The minimum atomic E-state index is -3.80. The van der Waals surface area contributed by atoms with E-state index in [0.29, 0.717) is 17.9 Å². The van der Waals surface area contributed by atoms with Crippen LogP contribution in [0.25, 0.3) is 0 Å². The van der Waals surface area contributed by atoms with Gasteiger partial charge in [0.05, 0.1) is 10.8 Å². The van der Waals surface area contributed by atoms with E-state index >= 15 is 0 Å². The number of hydrogen-bond donors (Lipinski definition) is 1. The molecule has 6 nitrogen and oxygen atoms in total. The van der Waals surface area contributed by atoms with Gasteiger partial charge < -0.3 is 10.2 Å². The van der Waals surface area contributed by atoms with E-state index in [1.807, 2.05) is 25.8 Å². The maximum Gasteiger partial charge on any atom is 0.284 e. The number of carbonyl (C=O) groups is 1. The number of amides is 1. The van der Waals surface area contributed by atoms with Crippen LogP contribution < -0.4 is 5.32 Å². The summed E-state index contributed by atoms with van der Waals surface area (Å²) < 4.78 is 29.3. The van der Waals surface area contributed by atoms with Crippen molar-refractivity contribution >= 4 is 27.5 Å². The molecule has 0 bridgehead atoms. The normalized spacial score (nSPS) is 24.9. The summed E-state index contributed by atoms with van der Waals surface area (Å²) >= 11 is 0. The Kier molecular flexibility index (Phi) is 5.40. The van der Waals surface area contributed by atoms with Crippen molar-refractivity contribution in [2.75, 3.05) is 18.9 Å². The van der Waals surface area contributed by atoms with Crippen molar-refractivity contribution in [3.05, 3.63) is 35.9 Å². The van der Waals surface area contributed by atoms with E-state index in [0.717, 1.165) is 13.0 Å². The summed E-state index contributed by atoms with van der Waals surface area (Å²) in [5.41, 5.74) is 1.58. The topological polar surface area (TPSA) is 78.8 Å². The van der Waals surface area contributed by atoms with Gasteiger partial charge in [-0.25, -0.2) is 0 Å². The molecule has 0 radical (unpaired) electrons. The number of hydrogen-bond acceptors (Lipinski definition) is 3. The Morgan fingerprint density at radius 2 is 2.04 bits per heavy atom. The van der Waals surface area contributed by atoms with Crippen LogP contribution >= 0.6 is 0 Å². The largest absolute Gasteiger partial charge is 0.362 e. The predicted molar refractivity (Wildman–Crippen MR) is 112 cm³/mol. The summed E-state index contributed by atoms with van der Waals surface area (Å²) in [4.78, 5) is 14.7. The minimum absolute atomic E-state index is 0.0797. The quantitative estimate of drug-likeness (QED) is 0.761. The number of allylic oxidation sites excluding steroid dienone is 2. The molecular formula is C21H29N3O3S. The Morgan fingerprint density at radius 3 is 2.64 bits per heavy atom. The van der Waals surface area contributed by atoms with E-state index in [9.17, 15) is 13.2 Å². The Balaban J connectivity index is 1.77.